The summed E-state index contributed by atoms with van der Waals surface area (Å²) < 4.78 is 19.3. The van der Waals surface area contributed by atoms with E-state index in [0.717, 1.165) is 6.42 Å². The third-order valence-electron chi connectivity index (χ3n) is 1.97. The van der Waals surface area contributed by atoms with E-state index in [4.69, 9.17) is 4.74 Å². The van der Waals surface area contributed by atoms with Crippen molar-refractivity contribution in [2.24, 2.45) is 4.99 Å². The molecule has 0 spiro atoms. The van der Waals surface area contributed by atoms with Crippen LogP contribution in [0, 0.1) is 0 Å². The van der Waals surface area contributed by atoms with Gasteiger partial charge in [0.15, 0.2) is 0 Å². The van der Waals surface area contributed by atoms with Crippen molar-refractivity contribution in [2.75, 3.05) is 6.61 Å². The van der Waals surface area contributed by atoms with E-state index in [1.165, 1.54) is 0 Å². The molecule has 0 radical (unpaired) electrons. The van der Waals surface area contributed by atoms with E-state index in [1.54, 1.807) is 12.1 Å². The van der Waals surface area contributed by atoms with Crippen LogP contribution in [0.1, 0.15) is 18.9 Å². The van der Waals surface area contributed by atoms with Gasteiger partial charge in [-0.3, -0.25) is 4.99 Å². The van der Waals surface area contributed by atoms with Gasteiger partial charge >= 0.3 is 0 Å². The minimum atomic E-state index is -0.537. The minimum absolute atomic E-state index is 0.325. The Morgan fingerprint density at radius 3 is 2.75 bits per heavy atom. The summed E-state index contributed by atoms with van der Waals surface area (Å²) in [6, 6.07) is 3.24. The molecule has 1 aromatic rings. The van der Waals surface area contributed by atoms with E-state index >= 15 is 0 Å². The summed E-state index contributed by atoms with van der Waals surface area (Å²) in [5.41, 5.74) is 0.757. The van der Waals surface area contributed by atoms with Gasteiger partial charge in [-0.1, -0.05) is 13.5 Å². The molecule has 2 nitrogen and oxygen atoms in total. The summed E-state index contributed by atoms with van der Waals surface area (Å²) in [6.07, 6.45) is 0.904. The predicted octanol–water partition coefficient (Wildman–Crippen LogP) is 4.51. The summed E-state index contributed by atoms with van der Waals surface area (Å²) in [7, 11) is 0. The lowest BCUT2D eigenvalue weighted by Crippen LogP contribution is -1.96. The summed E-state index contributed by atoms with van der Waals surface area (Å²) in [5, 5.41) is 0. The van der Waals surface area contributed by atoms with Gasteiger partial charge < -0.3 is 4.74 Å². The van der Waals surface area contributed by atoms with E-state index in [1.807, 2.05) is 6.92 Å². The lowest BCUT2D eigenvalue weighted by Gasteiger charge is -2.10. The van der Waals surface area contributed by atoms with Crippen LogP contribution in [0.15, 0.2) is 28.2 Å². The molecule has 16 heavy (non-hydrogen) atoms. The molecule has 4 heteroatoms. The monoisotopic (exact) mass is 285 g/mol. The first-order valence-corrected chi connectivity index (χ1v) is 5.67. The zero-order chi connectivity index (χ0) is 12.1. The maximum Gasteiger partial charge on any atom is 0.135 e. The fourth-order valence-corrected chi connectivity index (χ4v) is 1.67. The van der Waals surface area contributed by atoms with Gasteiger partial charge in [-0.05, 0) is 35.1 Å². The van der Waals surface area contributed by atoms with Crippen molar-refractivity contribution in [3.05, 3.63) is 28.7 Å². The van der Waals surface area contributed by atoms with Crippen molar-refractivity contribution >= 4 is 34.2 Å². The van der Waals surface area contributed by atoms with Crippen molar-refractivity contribution < 1.29 is 9.13 Å². The van der Waals surface area contributed by atoms with Crippen LogP contribution in [0.25, 0.3) is 5.83 Å². The quantitative estimate of drug-likeness (QED) is 0.730. The average molecular weight is 286 g/mol. The van der Waals surface area contributed by atoms with E-state index in [0.29, 0.717) is 28.1 Å². The Morgan fingerprint density at radius 2 is 2.25 bits per heavy atom. The third-order valence-corrected chi connectivity index (χ3v) is 2.59. The molecule has 0 aliphatic carbocycles. The van der Waals surface area contributed by atoms with Crippen LogP contribution < -0.4 is 4.74 Å². The molecule has 1 aromatic carbocycles. The van der Waals surface area contributed by atoms with E-state index < -0.39 is 5.83 Å². The first kappa shape index (κ1) is 12.9. The second-order valence-electron chi connectivity index (χ2n) is 3.21. The number of ether oxygens (including phenoxy) is 1. The maximum atomic E-state index is 13.1. The molecule has 0 unspecified atom stereocenters. The smallest absolute Gasteiger partial charge is 0.135 e. The van der Waals surface area contributed by atoms with Crippen molar-refractivity contribution in [3.63, 3.8) is 0 Å². The van der Waals surface area contributed by atoms with E-state index in [2.05, 4.69) is 34.2 Å². The zero-order valence-electron chi connectivity index (χ0n) is 9.09. The molecule has 0 bridgehead atoms. The topological polar surface area (TPSA) is 21.6 Å². The SMILES string of the molecule is C=Nc1cc(OCCC)c(Br)cc1C(=C)F. The van der Waals surface area contributed by atoms with Crippen LogP contribution in [0.4, 0.5) is 10.1 Å². The van der Waals surface area contributed by atoms with Gasteiger partial charge in [0.1, 0.15) is 11.6 Å². The molecule has 0 saturated carbocycles. The van der Waals surface area contributed by atoms with Crippen molar-refractivity contribution in [2.45, 2.75) is 13.3 Å². The highest BCUT2D eigenvalue weighted by Crippen LogP contribution is 2.36. The largest absolute Gasteiger partial charge is 0.492 e. The lowest BCUT2D eigenvalue weighted by atomic mass is 10.1. The van der Waals surface area contributed by atoms with Crippen LogP contribution in [0.2, 0.25) is 0 Å². The summed E-state index contributed by atoms with van der Waals surface area (Å²) in [5.74, 6) is 0.0967. The van der Waals surface area contributed by atoms with Gasteiger partial charge in [0.05, 0.1) is 16.8 Å². The number of benzene rings is 1. The van der Waals surface area contributed by atoms with Crippen molar-refractivity contribution in [1.82, 2.24) is 0 Å². The zero-order valence-corrected chi connectivity index (χ0v) is 10.7. The molecular weight excluding hydrogens is 273 g/mol. The highest BCUT2D eigenvalue weighted by Gasteiger charge is 2.10. The highest BCUT2D eigenvalue weighted by atomic mass is 79.9. The number of aliphatic imine (C=N–C) groups is 1. The standard InChI is InChI=1S/C12H13BrFNO/c1-4-5-16-12-7-11(15-3)9(8(2)14)6-10(12)13/h6-7H,2-5H2,1H3. The van der Waals surface area contributed by atoms with E-state index in [-0.39, 0.29) is 0 Å². The van der Waals surface area contributed by atoms with E-state index in [9.17, 15) is 4.39 Å². The van der Waals surface area contributed by atoms with Gasteiger partial charge in [-0.2, -0.15) is 0 Å². The molecule has 86 valence electrons. The van der Waals surface area contributed by atoms with Gasteiger partial charge in [-0.25, -0.2) is 4.39 Å². The molecule has 0 heterocycles. The van der Waals surface area contributed by atoms with Gasteiger partial charge in [-0.15, -0.1) is 0 Å². The molecule has 0 atom stereocenters. The number of hydrogen-bond donors (Lipinski definition) is 0. The van der Waals surface area contributed by atoms with Gasteiger partial charge in [0, 0.05) is 11.6 Å². The fraction of sp³-hybridized carbons (Fsp3) is 0.250. The Morgan fingerprint density at radius 1 is 1.56 bits per heavy atom. The molecule has 0 aliphatic rings. The summed E-state index contributed by atoms with van der Waals surface area (Å²) in [6.45, 7) is 9.26. The summed E-state index contributed by atoms with van der Waals surface area (Å²) >= 11 is 3.31. The molecule has 0 aromatic heterocycles. The first-order valence-electron chi connectivity index (χ1n) is 4.88. The maximum absolute atomic E-state index is 13.1. The second-order valence-corrected chi connectivity index (χ2v) is 4.07. The highest BCUT2D eigenvalue weighted by molar-refractivity contribution is 9.10. The lowest BCUT2D eigenvalue weighted by molar-refractivity contribution is 0.315. The van der Waals surface area contributed by atoms with Crippen molar-refractivity contribution in [1.29, 1.82) is 0 Å². The Labute approximate surface area is 103 Å². The van der Waals surface area contributed by atoms with Crippen LogP contribution in [0.5, 0.6) is 5.75 Å². The average Bonchev–Trinajstić information content (AvgIpc) is 2.26. The Balaban J connectivity index is 3.15. The molecule has 0 amide bonds. The Kier molecular flexibility index (Phi) is 4.68. The Hall–Kier alpha value is -1.16. The number of nitrogens with zero attached hydrogens (tertiary/aromatic N) is 1. The number of hydrogen-bond acceptors (Lipinski definition) is 2. The molecular formula is C12H13BrFNO. The van der Waals surface area contributed by atoms with Crippen LogP contribution in [-0.4, -0.2) is 13.3 Å². The fourth-order valence-electron chi connectivity index (χ4n) is 1.21. The molecule has 0 saturated heterocycles. The third kappa shape index (κ3) is 2.92. The van der Waals surface area contributed by atoms with Gasteiger partial charge in [0.2, 0.25) is 0 Å². The normalized spacial score (nSPS) is 9.94. The van der Waals surface area contributed by atoms with Crippen molar-refractivity contribution in [3.8, 4) is 5.75 Å². The van der Waals surface area contributed by atoms with Crippen LogP contribution >= 0.6 is 15.9 Å². The van der Waals surface area contributed by atoms with Crippen LogP contribution in [0.3, 0.4) is 0 Å². The summed E-state index contributed by atoms with van der Waals surface area (Å²) in [4.78, 5) is 3.75. The molecule has 0 fully saturated rings. The number of halogens is 2. The minimum Gasteiger partial charge on any atom is -0.492 e. The predicted molar refractivity (Wildman–Crippen MR) is 69.3 cm³/mol. The molecule has 0 N–H and O–H groups in total. The second kappa shape index (κ2) is 5.80. The molecule has 1 rings (SSSR count). The number of rotatable bonds is 5. The first-order chi connectivity index (χ1) is 7.60. The van der Waals surface area contributed by atoms with Gasteiger partial charge in [0.25, 0.3) is 0 Å². The molecule has 0 aliphatic heterocycles. The van der Waals surface area contributed by atoms with Crippen LogP contribution in [-0.2, 0) is 0 Å². The Bertz CT molecular complexity index is 418.